The lowest BCUT2D eigenvalue weighted by molar-refractivity contribution is -0.384. The molecule has 9 nitrogen and oxygen atoms in total. The lowest BCUT2D eigenvalue weighted by Gasteiger charge is -2.08. The third kappa shape index (κ3) is 5.69. The number of nitrogens with one attached hydrogen (secondary N) is 2. The Kier molecular flexibility index (Phi) is 6.37. The molecule has 0 aromatic heterocycles. The highest BCUT2D eigenvalue weighted by atomic mass is 32.2. The number of rotatable bonds is 8. The van der Waals surface area contributed by atoms with E-state index in [9.17, 15) is 28.1 Å². The zero-order chi connectivity index (χ0) is 20.0. The van der Waals surface area contributed by atoms with E-state index in [0.717, 1.165) is 24.3 Å². The third-order valence-corrected chi connectivity index (χ3v) is 5.05. The van der Waals surface area contributed by atoms with Gasteiger partial charge in [0.2, 0.25) is 15.9 Å². The van der Waals surface area contributed by atoms with Gasteiger partial charge in [-0.1, -0.05) is 0 Å². The summed E-state index contributed by atoms with van der Waals surface area (Å²) in [4.78, 5) is 32.9. The summed E-state index contributed by atoms with van der Waals surface area (Å²) in [6.07, 6.45) is -0.110. The number of anilines is 1. The van der Waals surface area contributed by atoms with Crippen LogP contribution in [0, 0.1) is 10.1 Å². The summed E-state index contributed by atoms with van der Waals surface area (Å²) in [5.74, 6) is -0.495. The Hall–Kier alpha value is -3.11. The van der Waals surface area contributed by atoms with Gasteiger partial charge in [-0.3, -0.25) is 19.7 Å². The summed E-state index contributed by atoms with van der Waals surface area (Å²) >= 11 is 0. The van der Waals surface area contributed by atoms with E-state index in [4.69, 9.17) is 0 Å². The smallest absolute Gasteiger partial charge is 0.269 e. The number of hydrogen-bond donors (Lipinski definition) is 2. The predicted molar refractivity (Wildman–Crippen MR) is 98.0 cm³/mol. The molecule has 2 aromatic rings. The summed E-state index contributed by atoms with van der Waals surface area (Å²) in [7, 11) is -3.88. The third-order valence-electron chi connectivity index (χ3n) is 3.58. The molecule has 0 aliphatic carbocycles. The number of ketones is 1. The molecule has 0 spiro atoms. The molecule has 0 aliphatic heterocycles. The molecule has 0 atom stereocenters. The summed E-state index contributed by atoms with van der Waals surface area (Å²) in [5, 5.41) is 13.2. The fraction of sp³-hybridized carbons (Fsp3) is 0.176. The minimum Gasteiger partial charge on any atom is -0.326 e. The highest BCUT2D eigenvalue weighted by Gasteiger charge is 2.16. The molecule has 2 rings (SSSR count). The van der Waals surface area contributed by atoms with Crippen molar-refractivity contribution in [2.75, 3.05) is 11.9 Å². The number of nitrogens with zero attached hydrogens (tertiary/aromatic N) is 1. The number of sulfonamides is 1. The van der Waals surface area contributed by atoms with E-state index in [-0.39, 0.29) is 29.3 Å². The minimum atomic E-state index is -3.88. The molecular weight excluding hydrogens is 374 g/mol. The fourth-order valence-electron chi connectivity index (χ4n) is 2.14. The van der Waals surface area contributed by atoms with E-state index in [1.807, 2.05) is 0 Å². The Morgan fingerprint density at radius 3 is 2.15 bits per heavy atom. The van der Waals surface area contributed by atoms with Gasteiger partial charge in [-0.15, -0.1) is 0 Å². The Morgan fingerprint density at radius 2 is 1.63 bits per heavy atom. The van der Waals surface area contributed by atoms with Crippen LogP contribution >= 0.6 is 0 Å². The summed E-state index contributed by atoms with van der Waals surface area (Å²) in [6.45, 7) is 1.29. The lowest BCUT2D eigenvalue weighted by atomic mass is 10.1. The van der Waals surface area contributed by atoms with Crippen molar-refractivity contribution in [3.63, 3.8) is 0 Å². The van der Waals surface area contributed by atoms with E-state index < -0.39 is 20.9 Å². The molecule has 2 N–H and O–H groups in total. The second-order valence-electron chi connectivity index (χ2n) is 5.58. The number of non-ortho nitro benzene ring substituents is 1. The summed E-state index contributed by atoms with van der Waals surface area (Å²) in [5.41, 5.74) is 0.788. The second kappa shape index (κ2) is 8.52. The fourth-order valence-corrected chi connectivity index (χ4v) is 3.17. The van der Waals surface area contributed by atoms with Crippen LogP contribution < -0.4 is 10.0 Å². The molecule has 142 valence electrons. The summed E-state index contributed by atoms with van der Waals surface area (Å²) in [6, 6.07) is 10.7. The number of amides is 1. The number of carbonyl (C=O) groups is 2. The van der Waals surface area contributed by atoms with E-state index in [1.165, 1.54) is 6.92 Å². The van der Waals surface area contributed by atoms with Gasteiger partial charge in [0, 0.05) is 36.3 Å². The number of hydrogen-bond acceptors (Lipinski definition) is 6. The molecule has 0 aliphatic rings. The standard InChI is InChI=1S/C17H17N3O6S/c1-12(21)13-2-4-14(5-3-13)19-17(22)10-11-18-27(25,26)16-8-6-15(7-9-16)20(23)24/h2-9,18H,10-11H2,1H3,(H,19,22). The topological polar surface area (TPSA) is 135 Å². The van der Waals surface area contributed by atoms with Gasteiger partial charge in [0.25, 0.3) is 5.69 Å². The van der Waals surface area contributed by atoms with Crippen molar-refractivity contribution in [3.05, 3.63) is 64.2 Å². The molecule has 0 saturated heterocycles. The predicted octanol–water partition coefficient (Wildman–Crippen LogP) is 2.10. The van der Waals surface area contributed by atoms with Crippen molar-refractivity contribution in [3.8, 4) is 0 Å². The molecule has 10 heteroatoms. The van der Waals surface area contributed by atoms with E-state index in [0.29, 0.717) is 11.3 Å². The SMILES string of the molecule is CC(=O)c1ccc(NC(=O)CCNS(=O)(=O)c2ccc([N+](=O)[O-])cc2)cc1. The van der Waals surface area contributed by atoms with Crippen LogP contribution in [0.4, 0.5) is 11.4 Å². The van der Waals surface area contributed by atoms with Crippen molar-refractivity contribution >= 4 is 33.1 Å². The second-order valence-corrected chi connectivity index (χ2v) is 7.35. The molecule has 27 heavy (non-hydrogen) atoms. The molecule has 0 heterocycles. The molecule has 0 bridgehead atoms. The first-order valence-electron chi connectivity index (χ1n) is 7.84. The van der Waals surface area contributed by atoms with Crippen LogP contribution in [0.2, 0.25) is 0 Å². The maximum atomic E-state index is 12.1. The monoisotopic (exact) mass is 391 g/mol. The van der Waals surface area contributed by atoms with Crippen LogP contribution in [0.25, 0.3) is 0 Å². The zero-order valence-corrected chi connectivity index (χ0v) is 15.2. The van der Waals surface area contributed by atoms with Crippen molar-refractivity contribution in [2.45, 2.75) is 18.2 Å². The Balaban J connectivity index is 1.87. The van der Waals surface area contributed by atoms with E-state index >= 15 is 0 Å². The zero-order valence-electron chi connectivity index (χ0n) is 14.3. The summed E-state index contributed by atoms with van der Waals surface area (Å²) < 4.78 is 26.5. The van der Waals surface area contributed by atoms with Crippen molar-refractivity contribution in [2.24, 2.45) is 0 Å². The Labute approximate surface area is 155 Å². The maximum absolute atomic E-state index is 12.1. The van der Waals surface area contributed by atoms with Gasteiger partial charge in [-0.25, -0.2) is 13.1 Å². The van der Waals surface area contributed by atoms with Gasteiger partial charge in [0.1, 0.15) is 0 Å². The van der Waals surface area contributed by atoms with Gasteiger partial charge in [0.05, 0.1) is 9.82 Å². The Bertz CT molecular complexity index is 953. The molecule has 1 amide bonds. The highest BCUT2D eigenvalue weighted by Crippen LogP contribution is 2.15. The van der Waals surface area contributed by atoms with Gasteiger partial charge in [0.15, 0.2) is 5.78 Å². The molecule has 2 aromatic carbocycles. The minimum absolute atomic E-state index is 0.0893. The number of nitro groups is 1. The number of Topliss-reactive ketones (excluding diaryl/α,β-unsaturated/α-hetero) is 1. The first-order valence-corrected chi connectivity index (χ1v) is 9.32. The molecule has 0 fully saturated rings. The van der Waals surface area contributed by atoms with E-state index in [1.54, 1.807) is 24.3 Å². The average molecular weight is 391 g/mol. The van der Waals surface area contributed by atoms with Crippen molar-refractivity contribution < 1.29 is 22.9 Å². The normalized spacial score (nSPS) is 11.0. The van der Waals surface area contributed by atoms with Crippen LogP contribution in [0.15, 0.2) is 53.4 Å². The van der Waals surface area contributed by atoms with Crippen LogP contribution in [-0.2, 0) is 14.8 Å². The van der Waals surface area contributed by atoms with Crippen molar-refractivity contribution in [1.29, 1.82) is 0 Å². The average Bonchev–Trinajstić information content (AvgIpc) is 2.62. The van der Waals surface area contributed by atoms with Crippen molar-refractivity contribution in [1.82, 2.24) is 4.72 Å². The van der Waals surface area contributed by atoms with Gasteiger partial charge in [-0.2, -0.15) is 0 Å². The lowest BCUT2D eigenvalue weighted by Crippen LogP contribution is -2.27. The van der Waals surface area contributed by atoms with E-state index in [2.05, 4.69) is 10.0 Å². The first-order chi connectivity index (χ1) is 12.7. The van der Waals surface area contributed by atoms with Gasteiger partial charge < -0.3 is 5.32 Å². The quantitative estimate of drug-likeness (QED) is 0.402. The van der Waals surface area contributed by atoms with Crippen LogP contribution in [0.3, 0.4) is 0 Å². The molecule has 0 radical (unpaired) electrons. The molecular formula is C17H17N3O6S. The highest BCUT2D eigenvalue weighted by molar-refractivity contribution is 7.89. The van der Waals surface area contributed by atoms with Crippen LogP contribution in [0.5, 0.6) is 0 Å². The molecule has 0 unspecified atom stereocenters. The Morgan fingerprint density at radius 1 is 1.04 bits per heavy atom. The van der Waals surface area contributed by atoms with Crippen LogP contribution in [0.1, 0.15) is 23.7 Å². The van der Waals surface area contributed by atoms with Gasteiger partial charge >= 0.3 is 0 Å². The molecule has 0 saturated carbocycles. The number of nitro benzene ring substituents is 1. The first kappa shape index (κ1) is 20.2. The number of carbonyl (C=O) groups excluding carboxylic acids is 2. The van der Waals surface area contributed by atoms with Gasteiger partial charge in [-0.05, 0) is 43.3 Å². The van der Waals surface area contributed by atoms with Crippen LogP contribution in [-0.4, -0.2) is 31.6 Å². The number of benzene rings is 2. The maximum Gasteiger partial charge on any atom is 0.269 e. The largest absolute Gasteiger partial charge is 0.326 e.